The predicted octanol–water partition coefficient (Wildman–Crippen LogP) is 4.22. The Hall–Kier alpha value is -3.28. The first-order valence-electron chi connectivity index (χ1n) is 9.64. The molecule has 1 aliphatic heterocycles. The zero-order valence-corrected chi connectivity index (χ0v) is 17.6. The van der Waals surface area contributed by atoms with Crippen molar-refractivity contribution in [1.29, 1.82) is 5.26 Å². The van der Waals surface area contributed by atoms with Crippen LogP contribution in [0.15, 0.2) is 36.4 Å². The maximum absolute atomic E-state index is 12.6. The van der Waals surface area contributed by atoms with E-state index in [0.29, 0.717) is 37.0 Å². The summed E-state index contributed by atoms with van der Waals surface area (Å²) in [4.78, 5) is 24.5. The van der Waals surface area contributed by atoms with E-state index in [1.807, 2.05) is 44.2 Å². The third-order valence-corrected chi connectivity index (χ3v) is 5.77. The number of hydrogen-bond acceptors (Lipinski definition) is 6. The van der Waals surface area contributed by atoms with Crippen LogP contribution < -0.4 is 5.32 Å². The molecule has 30 heavy (non-hydrogen) atoms. The normalized spacial score (nSPS) is 13.7. The molecule has 0 saturated carbocycles. The van der Waals surface area contributed by atoms with Crippen LogP contribution in [-0.2, 0) is 4.74 Å². The largest absolute Gasteiger partial charge is 0.378 e. The van der Waals surface area contributed by atoms with Crippen LogP contribution in [-0.4, -0.2) is 47.2 Å². The van der Waals surface area contributed by atoms with Gasteiger partial charge in [-0.3, -0.25) is 10.3 Å². The van der Waals surface area contributed by atoms with Crippen LogP contribution in [0.5, 0.6) is 0 Å². The van der Waals surface area contributed by atoms with Gasteiger partial charge in [-0.25, -0.2) is 9.78 Å². The summed E-state index contributed by atoms with van der Waals surface area (Å²) in [5, 5.41) is 12.7. The average molecular weight is 420 g/mol. The second kappa shape index (κ2) is 8.61. The average Bonchev–Trinajstić information content (AvgIpc) is 3.17. The van der Waals surface area contributed by atoms with E-state index >= 15 is 0 Å². The van der Waals surface area contributed by atoms with Crippen molar-refractivity contribution in [3.05, 3.63) is 53.3 Å². The Morgan fingerprint density at radius 1 is 1.13 bits per heavy atom. The number of nitriles is 1. The number of benzene rings is 1. The molecular weight excluding hydrogens is 398 g/mol. The van der Waals surface area contributed by atoms with E-state index in [0.717, 1.165) is 33.1 Å². The van der Waals surface area contributed by atoms with E-state index in [1.54, 1.807) is 11.0 Å². The first-order chi connectivity index (χ1) is 14.5. The lowest BCUT2D eigenvalue weighted by atomic mass is 10.0. The van der Waals surface area contributed by atoms with Crippen molar-refractivity contribution in [3.63, 3.8) is 0 Å². The number of rotatable bonds is 3. The lowest BCUT2D eigenvalue weighted by Crippen LogP contribution is -2.43. The van der Waals surface area contributed by atoms with Gasteiger partial charge in [-0.15, -0.1) is 0 Å². The minimum Gasteiger partial charge on any atom is -0.378 e. The number of thiazole rings is 1. The minimum atomic E-state index is -0.182. The van der Waals surface area contributed by atoms with Gasteiger partial charge in [0.2, 0.25) is 0 Å². The number of nitrogens with zero attached hydrogens (tertiary/aromatic N) is 4. The number of hydrogen-bond donors (Lipinski definition) is 1. The molecule has 2 amide bonds. The van der Waals surface area contributed by atoms with Gasteiger partial charge < -0.3 is 9.64 Å². The molecule has 0 bridgehead atoms. The summed E-state index contributed by atoms with van der Waals surface area (Å²) in [6.07, 6.45) is 0. The monoisotopic (exact) mass is 419 g/mol. The standard InChI is InChI=1S/C22H21N5O2S/c1-14-10-18(11-15(2)24-14)20-19(17-5-3-4-16(12-17)13-23)25-21(30-20)26-22(28)27-6-8-29-9-7-27/h3-5,10-12H,6-9H2,1-2H3,(H,25,26,28). The molecule has 1 aromatic carbocycles. The van der Waals surface area contributed by atoms with Crippen LogP contribution in [0, 0.1) is 25.2 Å². The van der Waals surface area contributed by atoms with E-state index in [2.05, 4.69) is 16.4 Å². The van der Waals surface area contributed by atoms with Crippen LogP contribution in [0.1, 0.15) is 17.0 Å². The van der Waals surface area contributed by atoms with E-state index in [1.165, 1.54) is 11.3 Å². The molecule has 7 nitrogen and oxygen atoms in total. The van der Waals surface area contributed by atoms with Gasteiger partial charge >= 0.3 is 6.03 Å². The first kappa shape index (κ1) is 20.0. The van der Waals surface area contributed by atoms with Crippen molar-refractivity contribution in [3.8, 4) is 27.8 Å². The van der Waals surface area contributed by atoms with Gasteiger partial charge in [0.25, 0.3) is 0 Å². The molecule has 152 valence electrons. The summed E-state index contributed by atoms with van der Waals surface area (Å²) < 4.78 is 5.32. The van der Waals surface area contributed by atoms with Crippen molar-refractivity contribution >= 4 is 22.5 Å². The Morgan fingerprint density at radius 3 is 2.57 bits per heavy atom. The molecule has 1 aliphatic rings. The maximum atomic E-state index is 12.6. The number of urea groups is 1. The van der Waals surface area contributed by atoms with Crippen LogP contribution in [0.3, 0.4) is 0 Å². The summed E-state index contributed by atoms with van der Waals surface area (Å²) in [5.41, 5.74) is 4.94. The summed E-state index contributed by atoms with van der Waals surface area (Å²) in [7, 11) is 0. The molecule has 3 aromatic rings. The molecule has 2 aromatic heterocycles. The zero-order chi connectivity index (χ0) is 21.1. The van der Waals surface area contributed by atoms with Crippen molar-refractivity contribution in [2.75, 3.05) is 31.6 Å². The number of anilines is 1. The fourth-order valence-corrected chi connectivity index (χ4v) is 4.37. The molecule has 8 heteroatoms. The number of morpholine rings is 1. The van der Waals surface area contributed by atoms with Crippen LogP contribution in [0.25, 0.3) is 21.7 Å². The SMILES string of the molecule is Cc1cc(-c2sc(NC(=O)N3CCOCC3)nc2-c2cccc(C#N)c2)cc(C)n1. The highest BCUT2D eigenvalue weighted by Gasteiger charge is 2.21. The van der Waals surface area contributed by atoms with E-state index in [4.69, 9.17) is 9.72 Å². The molecule has 1 saturated heterocycles. The summed E-state index contributed by atoms with van der Waals surface area (Å²) >= 11 is 1.42. The molecule has 0 spiro atoms. The molecule has 4 rings (SSSR count). The van der Waals surface area contributed by atoms with E-state index in [9.17, 15) is 10.1 Å². The molecule has 0 aliphatic carbocycles. The van der Waals surface area contributed by atoms with Crippen molar-refractivity contribution in [1.82, 2.24) is 14.9 Å². The summed E-state index contributed by atoms with van der Waals surface area (Å²) in [5.74, 6) is 0. The van der Waals surface area contributed by atoms with Crippen molar-refractivity contribution in [2.24, 2.45) is 0 Å². The number of aryl methyl sites for hydroxylation is 2. The zero-order valence-electron chi connectivity index (χ0n) is 16.8. The Bertz CT molecular complexity index is 1110. The number of aromatic nitrogens is 2. The van der Waals surface area contributed by atoms with E-state index < -0.39 is 0 Å². The number of ether oxygens (including phenoxy) is 1. The van der Waals surface area contributed by atoms with Gasteiger partial charge in [-0.2, -0.15) is 5.26 Å². The second-order valence-corrected chi connectivity index (χ2v) is 8.06. The van der Waals surface area contributed by atoms with Crippen LogP contribution in [0.4, 0.5) is 9.93 Å². The number of carbonyl (C=O) groups excluding carboxylic acids is 1. The van der Waals surface area contributed by atoms with Crippen molar-refractivity contribution < 1.29 is 9.53 Å². The highest BCUT2D eigenvalue weighted by Crippen LogP contribution is 2.39. The third kappa shape index (κ3) is 4.32. The van der Waals surface area contributed by atoms with Crippen molar-refractivity contribution in [2.45, 2.75) is 13.8 Å². The highest BCUT2D eigenvalue weighted by molar-refractivity contribution is 7.19. The van der Waals surface area contributed by atoms with Gasteiger partial charge in [0.1, 0.15) is 0 Å². The maximum Gasteiger partial charge on any atom is 0.323 e. The Kier molecular flexibility index (Phi) is 5.74. The molecule has 0 atom stereocenters. The number of carbonyl (C=O) groups is 1. The Morgan fingerprint density at radius 2 is 1.87 bits per heavy atom. The van der Waals surface area contributed by atoms with Gasteiger partial charge in [-0.05, 0) is 43.7 Å². The quantitative estimate of drug-likeness (QED) is 0.686. The summed E-state index contributed by atoms with van der Waals surface area (Å²) in [6, 6.07) is 13.3. The van der Waals surface area contributed by atoms with Gasteiger partial charge in [0, 0.05) is 30.0 Å². The fourth-order valence-electron chi connectivity index (χ4n) is 3.40. The van der Waals surface area contributed by atoms with Crippen LogP contribution in [0.2, 0.25) is 0 Å². The molecule has 1 fully saturated rings. The Labute approximate surface area is 179 Å². The smallest absolute Gasteiger partial charge is 0.323 e. The third-order valence-electron chi connectivity index (χ3n) is 4.75. The fraction of sp³-hybridized carbons (Fsp3) is 0.273. The second-order valence-electron chi connectivity index (χ2n) is 7.06. The topological polar surface area (TPSA) is 91.1 Å². The molecule has 1 N–H and O–H groups in total. The molecule has 0 unspecified atom stereocenters. The lowest BCUT2D eigenvalue weighted by Gasteiger charge is -2.26. The highest BCUT2D eigenvalue weighted by atomic mass is 32.1. The Balaban J connectivity index is 1.75. The van der Waals surface area contributed by atoms with E-state index in [-0.39, 0.29) is 6.03 Å². The predicted molar refractivity (Wildman–Crippen MR) is 116 cm³/mol. The molecule has 3 heterocycles. The minimum absolute atomic E-state index is 0.182. The number of nitrogens with one attached hydrogen (secondary N) is 1. The van der Waals surface area contributed by atoms with Gasteiger partial charge in [-0.1, -0.05) is 23.5 Å². The first-order valence-corrected chi connectivity index (χ1v) is 10.5. The lowest BCUT2D eigenvalue weighted by molar-refractivity contribution is 0.0564. The van der Waals surface area contributed by atoms with Gasteiger partial charge in [0.15, 0.2) is 5.13 Å². The summed E-state index contributed by atoms with van der Waals surface area (Å²) in [6.45, 7) is 6.10. The molecular formula is C22H21N5O2S. The van der Waals surface area contributed by atoms with Gasteiger partial charge in [0.05, 0.1) is 35.4 Å². The number of pyridine rings is 1. The number of amides is 2. The van der Waals surface area contributed by atoms with Crippen LogP contribution >= 0.6 is 11.3 Å². The molecule has 0 radical (unpaired) electrons.